The zero-order valence-corrected chi connectivity index (χ0v) is 19.7. The molecule has 0 amide bonds. The van der Waals surface area contributed by atoms with Crippen LogP contribution in [0, 0.1) is 0 Å². The minimum atomic E-state index is -4.74. The van der Waals surface area contributed by atoms with Crippen LogP contribution in [0.2, 0.25) is 0 Å². The quantitative estimate of drug-likeness (QED) is 0.396. The molecule has 34 heavy (non-hydrogen) atoms. The summed E-state index contributed by atoms with van der Waals surface area (Å²) in [7, 11) is 1.51. The van der Waals surface area contributed by atoms with Crippen molar-refractivity contribution in [3.05, 3.63) is 59.7 Å². The Hall–Kier alpha value is -2.29. The van der Waals surface area contributed by atoms with Gasteiger partial charge in [0.1, 0.15) is 11.5 Å². The van der Waals surface area contributed by atoms with Crippen LogP contribution >= 0.6 is 0 Å². The van der Waals surface area contributed by atoms with Gasteiger partial charge in [-0.15, -0.1) is 13.2 Å². The molecule has 0 radical (unpaired) electrons. The highest BCUT2D eigenvalue weighted by Crippen LogP contribution is 2.33. The molecule has 0 bridgehead atoms. The van der Waals surface area contributed by atoms with Gasteiger partial charge in [0.15, 0.2) is 0 Å². The molecule has 188 valence electrons. The van der Waals surface area contributed by atoms with E-state index in [1.165, 1.54) is 30.9 Å². The number of nitrogens with zero attached hydrogens (tertiary/aromatic N) is 1. The summed E-state index contributed by atoms with van der Waals surface area (Å²) in [4.78, 5) is 2.51. The van der Waals surface area contributed by atoms with Gasteiger partial charge in [-0.1, -0.05) is 43.2 Å². The molecule has 2 aromatic rings. The zero-order valence-electron chi connectivity index (χ0n) is 19.7. The first-order valence-corrected chi connectivity index (χ1v) is 12.0. The van der Waals surface area contributed by atoms with Crippen molar-refractivity contribution in [3.8, 4) is 11.5 Å². The first kappa shape index (κ1) is 26.3. The Labute approximate surface area is 199 Å². The second-order valence-corrected chi connectivity index (χ2v) is 8.68. The average Bonchev–Trinajstić information content (AvgIpc) is 2.82. The van der Waals surface area contributed by atoms with E-state index in [0.29, 0.717) is 17.9 Å². The molecule has 2 N–H and O–H groups in total. The number of hydrogen-bond acceptors (Lipinski definition) is 5. The van der Waals surface area contributed by atoms with Crippen molar-refractivity contribution in [2.45, 2.75) is 63.5 Å². The molecule has 1 saturated heterocycles. The van der Waals surface area contributed by atoms with Crippen molar-refractivity contribution in [1.29, 1.82) is 0 Å². The maximum Gasteiger partial charge on any atom is 0.573 e. The molecule has 2 atom stereocenters. The number of likely N-dealkylation sites (tertiary alicyclic amines) is 1. The van der Waals surface area contributed by atoms with Crippen LogP contribution in [0.3, 0.4) is 0 Å². The SMILES string of the molecule is COc1ccc(OC(F)(F)F)cc1CNC1CCCN(CCCCCCO)C1c1ccccc1. The maximum absolute atomic E-state index is 12.7. The van der Waals surface area contributed by atoms with E-state index in [2.05, 4.69) is 27.1 Å². The number of nitrogens with one attached hydrogen (secondary N) is 1. The van der Waals surface area contributed by atoms with Crippen LogP contribution in [-0.2, 0) is 6.54 Å². The molecule has 2 unspecified atom stereocenters. The molecule has 0 saturated carbocycles. The Kier molecular flexibility index (Phi) is 10.0. The molecule has 8 heteroatoms. The normalized spacial score (nSPS) is 19.2. The average molecular weight is 481 g/mol. The van der Waals surface area contributed by atoms with E-state index in [1.54, 1.807) is 0 Å². The van der Waals surface area contributed by atoms with Gasteiger partial charge < -0.3 is 19.9 Å². The second-order valence-electron chi connectivity index (χ2n) is 8.68. The third kappa shape index (κ3) is 7.89. The number of halogens is 3. The van der Waals surface area contributed by atoms with Crippen LogP contribution < -0.4 is 14.8 Å². The first-order valence-electron chi connectivity index (χ1n) is 12.0. The standard InChI is InChI=1S/C26H35F3N2O3/c1-33-24-14-13-22(34-26(27,28)29)18-21(24)19-30-23-12-9-16-31(15-7-2-3-8-17-32)25(23)20-10-5-4-6-11-20/h4-6,10-11,13-14,18,23,25,30,32H,2-3,7-9,12,15-17,19H2,1H3. The molecule has 0 aromatic heterocycles. The number of aliphatic hydroxyl groups is 1. The summed E-state index contributed by atoms with van der Waals surface area (Å²) in [6.07, 6.45) is 1.30. The van der Waals surface area contributed by atoms with Crippen molar-refractivity contribution in [1.82, 2.24) is 10.2 Å². The minimum absolute atomic E-state index is 0.144. The van der Waals surface area contributed by atoms with Crippen molar-refractivity contribution >= 4 is 0 Å². The van der Waals surface area contributed by atoms with Crippen LogP contribution in [0.4, 0.5) is 13.2 Å². The minimum Gasteiger partial charge on any atom is -0.496 e. The number of ether oxygens (including phenoxy) is 2. The third-order valence-electron chi connectivity index (χ3n) is 6.27. The van der Waals surface area contributed by atoms with Gasteiger partial charge in [-0.3, -0.25) is 4.90 Å². The number of benzene rings is 2. The van der Waals surface area contributed by atoms with E-state index in [0.717, 1.165) is 51.6 Å². The number of aliphatic hydroxyl groups excluding tert-OH is 1. The smallest absolute Gasteiger partial charge is 0.496 e. The Morgan fingerprint density at radius 1 is 1.06 bits per heavy atom. The highest BCUT2D eigenvalue weighted by Gasteiger charge is 2.33. The highest BCUT2D eigenvalue weighted by atomic mass is 19.4. The summed E-state index contributed by atoms with van der Waals surface area (Å²) in [6.45, 7) is 2.59. The van der Waals surface area contributed by atoms with Crippen LogP contribution in [-0.4, -0.2) is 49.2 Å². The fraction of sp³-hybridized carbons (Fsp3) is 0.538. The molecule has 1 heterocycles. The molecular weight excluding hydrogens is 445 g/mol. The maximum atomic E-state index is 12.7. The molecule has 1 fully saturated rings. The molecule has 0 aliphatic carbocycles. The largest absolute Gasteiger partial charge is 0.573 e. The lowest BCUT2D eigenvalue weighted by molar-refractivity contribution is -0.274. The van der Waals surface area contributed by atoms with Gasteiger partial charge in [-0.05, 0) is 62.5 Å². The number of hydrogen-bond donors (Lipinski definition) is 2. The zero-order chi connectivity index (χ0) is 24.4. The van der Waals surface area contributed by atoms with Crippen LogP contribution in [0.5, 0.6) is 11.5 Å². The van der Waals surface area contributed by atoms with Gasteiger partial charge in [0.25, 0.3) is 0 Å². The van der Waals surface area contributed by atoms with Crippen molar-refractivity contribution < 1.29 is 27.8 Å². The number of methoxy groups -OCH3 is 1. The van der Waals surface area contributed by atoms with Crippen LogP contribution in [0.1, 0.15) is 55.7 Å². The van der Waals surface area contributed by atoms with E-state index in [4.69, 9.17) is 9.84 Å². The summed E-state index contributed by atoms with van der Waals surface area (Å²) >= 11 is 0. The van der Waals surface area contributed by atoms with E-state index in [9.17, 15) is 13.2 Å². The second kappa shape index (κ2) is 13.0. The van der Waals surface area contributed by atoms with E-state index in [1.807, 2.05) is 18.2 Å². The predicted molar refractivity (Wildman–Crippen MR) is 126 cm³/mol. The molecule has 1 aliphatic rings. The van der Waals surface area contributed by atoms with Gasteiger partial charge in [0.2, 0.25) is 0 Å². The van der Waals surface area contributed by atoms with Gasteiger partial charge in [0.05, 0.1) is 13.2 Å². The number of piperidine rings is 1. The van der Waals surface area contributed by atoms with Gasteiger partial charge in [-0.2, -0.15) is 0 Å². The van der Waals surface area contributed by atoms with E-state index in [-0.39, 0.29) is 24.4 Å². The summed E-state index contributed by atoms with van der Waals surface area (Å²) in [5, 5.41) is 12.6. The third-order valence-corrected chi connectivity index (χ3v) is 6.27. The lowest BCUT2D eigenvalue weighted by atomic mass is 9.89. The van der Waals surface area contributed by atoms with Crippen LogP contribution in [0.15, 0.2) is 48.5 Å². The lowest BCUT2D eigenvalue weighted by Gasteiger charge is -2.42. The summed E-state index contributed by atoms with van der Waals surface area (Å²) in [6, 6.07) is 14.9. The summed E-state index contributed by atoms with van der Waals surface area (Å²) in [5.74, 6) is 0.271. The fourth-order valence-corrected chi connectivity index (χ4v) is 4.74. The Morgan fingerprint density at radius 2 is 1.82 bits per heavy atom. The van der Waals surface area contributed by atoms with E-state index < -0.39 is 6.36 Å². The molecule has 5 nitrogen and oxygen atoms in total. The first-order chi connectivity index (χ1) is 16.4. The van der Waals surface area contributed by atoms with Gasteiger partial charge in [-0.25, -0.2) is 0 Å². The number of alkyl halides is 3. The Morgan fingerprint density at radius 3 is 2.53 bits per heavy atom. The Balaban J connectivity index is 1.73. The molecule has 1 aliphatic heterocycles. The lowest BCUT2D eigenvalue weighted by Crippen LogP contribution is -2.48. The Bertz CT molecular complexity index is 864. The van der Waals surface area contributed by atoms with Crippen molar-refractivity contribution in [3.63, 3.8) is 0 Å². The van der Waals surface area contributed by atoms with Crippen molar-refractivity contribution in [2.24, 2.45) is 0 Å². The summed E-state index contributed by atoms with van der Waals surface area (Å²) < 4.78 is 47.6. The molecule has 0 spiro atoms. The fourth-order valence-electron chi connectivity index (χ4n) is 4.74. The highest BCUT2D eigenvalue weighted by molar-refractivity contribution is 5.40. The topological polar surface area (TPSA) is 54.0 Å². The monoisotopic (exact) mass is 480 g/mol. The van der Waals surface area contributed by atoms with Crippen LogP contribution in [0.25, 0.3) is 0 Å². The summed E-state index contributed by atoms with van der Waals surface area (Å²) in [5.41, 5.74) is 1.85. The molecular formula is C26H35F3N2O3. The molecule has 2 aromatic carbocycles. The number of unbranched alkanes of at least 4 members (excludes halogenated alkanes) is 3. The van der Waals surface area contributed by atoms with E-state index >= 15 is 0 Å². The van der Waals surface area contributed by atoms with Crippen molar-refractivity contribution in [2.75, 3.05) is 26.8 Å². The predicted octanol–water partition coefficient (Wildman–Crippen LogP) is 5.44. The van der Waals surface area contributed by atoms with Gasteiger partial charge >= 0.3 is 6.36 Å². The van der Waals surface area contributed by atoms with Gasteiger partial charge in [0, 0.05) is 24.8 Å². The number of rotatable bonds is 12. The molecule has 3 rings (SSSR count).